The summed E-state index contributed by atoms with van der Waals surface area (Å²) < 4.78 is 13.6. The van der Waals surface area contributed by atoms with Gasteiger partial charge in [0.1, 0.15) is 0 Å². The van der Waals surface area contributed by atoms with Crippen LogP contribution in [-0.4, -0.2) is 33.3 Å². The smallest absolute Gasteiger partial charge is 0.336 e. The summed E-state index contributed by atoms with van der Waals surface area (Å²) in [7, 11) is 3.98. The number of methoxy groups -OCH3 is 3. The van der Waals surface area contributed by atoms with E-state index in [1.807, 2.05) is 0 Å². The topological polar surface area (TPSA) is 61.8 Å². The highest BCUT2D eigenvalue weighted by molar-refractivity contribution is 5.88. The van der Waals surface area contributed by atoms with E-state index < -0.39 is 5.97 Å². The molecule has 0 aliphatic carbocycles. The largest absolute Gasteiger partial charge is 0.504 e. The first-order valence-corrected chi connectivity index (χ1v) is 4.02. The molecule has 0 saturated carbocycles. The van der Waals surface area contributed by atoms with Crippen LogP contribution in [0.25, 0.3) is 0 Å². The second-order valence-corrected chi connectivity index (χ2v) is 2.45. The molecule has 0 spiro atoms. The summed E-state index contributed by atoms with van der Waals surface area (Å²) in [4.78, 5) is 21.9. The second kappa shape index (κ2) is 6.94. The van der Waals surface area contributed by atoms with Crippen LogP contribution in [0.15, 0.2) is 11.8 Å². The Morgan fingerprint density at radius 1 is 1.07 bits per heavy atom. The Hall–Kier alpha value is -1.52. The molecule has 5 nitrogen and oxygen atoms in total. The standard InChI is InChI=1S/C9H14O5/c1-12-6-7(9(11)14-3)4-5-8(10)13-2/h6H,4-5H2,1-3H3. The van der Waals surface area contributed by atoms with Crippen molar-refractivity contribution in [3.05, 3.63) is 11.8 Å². The summed E-state index contributed by atoms with van der Waals surface area (Å²) in [5.74, 6) is -0.883. The molecule has 0 amide bonds. The number of carbonyl (C=O) groups excluding carboxylic acids is 2. The first kappa shape index (κ1) is 12.5. The minimum absolute atomic E-state index is 0.126. The van der Waals surface area contributed by atoms with E-state index >= 15 is 0 Å². The normalized spacial score (nSPS) is 10.6. The molecule has 0 aromatic carbocycles. The first-order chi connectivity index (χ1) is 6.65. The predicted octanol–water partition coefficient (Wildman–Crippen LogP) is 0.643. The summed E-state index contributed by atoms with van der Waals surface area (Å²) in [6, 6.07) is 0. The summed E-state index contributed by atoms with van der Waals surface area (Å²) >= 11 is 0. The van der Waals surface area contributed by atoms with Gasteiger partial charge in [-0.05, 0) is 6.42 Å². The molecule has 0 unspecified atom stereocenters. The average molecular weight is 202 g/mol. The Balaban J connectivity index is 4.18. The SMILES string of the molecule is COC=C(CCC(=O)OC)C(=O)OC. The highest BCUT2D eigenvalue weighted by atomic mass is 16.5. The van der Waals surface area contributed by atoms with Crippen molar-refractivity contribution in [1.82, 2.24) is 0 Å². The van der Waals surface area contributed by atoms with E-state index in [0.29, 0.717) is 5.57 Å². The summed E-state index contributed by atoms with van der Waals surface area (Å²) in [5, 5.41) is 0. The molecular formula is C9H14O5. The Labute approximate surface area is 82.6 Å². The van der Waals surface area contributed by atoms with Gasteiger partial charge in [-0.25, -0.2) is 4.79 Å². The van der Waals surface area contributed by atoms with Crippen LogP contribution in [0.3, 0.4) is 0 Å². The lowest BCUT2D eigenvalue weighted by molar-refractivity contribution is -0.140. The van der Waals surface area contributed by atoms with E-state index in [4.69, 9.17) is 0 Å². The molecule has 0 aromatic rings. The highest BCUT2D eigenvalue weighted by Gasteiger charge is 2.12. The van der Waals surface area contributed by atoms with Crippen molar-refractivity contribution < 1.29 is 23.8 Å². The number of carbonyl (C=O) groups is 2. The number of ether oxygens (including phenoxy) is 3. The molecule has 0 aliphatic heterocycles. The van der Waals surface area contributed by atoms with Crippen LogP contribution in [0.4, 0.5) is 0 Å². The van der Waals surface area contributed by atoms with Gasteiger partial charge in [-0.15, -0.1) is 0 Å². The summed E-state index contributed by atoms with van der Waals surface area (Å²) in [6.07, 6.45) is 1.63. The molecule has 0 fully saturated rings. The van der Waals surface area contributed by atoms with Crippen LogP contribution in [0.5, 0.6) is 0 Å². The van der Waals surface area contributed by atoms with Gasteiger partial charge in [0.25, 0.3) is 0 Å². The molecule has 0 atom stereocenters. The molecule has 0 heterocycles. The Morgan fingerprint density at radius 3 is 2.14 bits per heavy atom. The average Bonchev–Trinajstić information content (AvgIpc) is 2.22. The Morgan fingerprint density at radius 2 is 1.71 bits per heavy atom. The lowest BCUT2D eigenvalue weighted by Gasteiger charge is -2.03. The van der Waals surface area contributed by atoms with Gasteiger partial charge in [0.2, 0.25) is 0 Å². The number of hydrogen-bond donors (Lipinski definition) is 0. The van der Waals surface area contributed by atoms with Gasteiger partial charge in [0.15, 0.2) is 0 Å². The van der Waals surface area contributed by atoms with Gasteiger partial charge < -0.3 is 14.2 Å². The quantitative estimate of drug-likeness (QED) is 0.372. The summed E-state index contributed by atoms with van der Waals surface area (Å²) in [6.45, 7) is 0. The van der Waals surface area contributed by atoms with Crippen molar-refractivity contribution in [2.75, 3.05) is 21.3 Å². The van der Waals surface area contributed by atoms with Crippen molar-refractivity contribution in [2.45, 2.75) is 12.8 Å². The van der Waals surface area contributed by atoms with E-state index in [0.717, 1.165) is 0 Å². The molecule has 5 heteroatoms. The zero-order valence-electron chi connectivity index (χ0n) is 8.53. The molecule has 0 rings (SSSR count). The minimum atomic E-state index is -0.504. The molecule has 0 aliphatic rings. The molecule has 0 aromatic heterocycles. The van der Waals surface area contributed by atoms with Crippen LogP contribution < -0.4 is 0 Å². The van der Waals surface area contributed by atoms with Gasteiger partial charge >= 0.3 is 11.9 Å². The second-order valence-electron chi connectivity index (χ2n) is 2.45. The van der Waals surface area contributed by atoms with Gasteiger partial charge in [-0.1, -0.05) is 0 Å². The fraction of sp³-hybridized carbons (Fsp3) is 0.556. The lowest BCUT2D eigenvalue weighted by Crippen LogP contribution is -2.08. The van der Waals surface area contributed by atoms with Crippen LogP contribution >= 0.6 is 0 Å². The van der Waals surface area contributed by atoms with Crippen molar-refractivity contribution >= 4 is 11.9 Å². The van der Waals surface area contributed by atoms with E-state index in [1.54, 1.807) is 0 Å². The predicted molar refractivity (Wildman–Crippen MR) is 48.4 cm³/mol. The number of rotatable bonds is 5. The fourth-order valence-electron chi connectivity index (χ4n) is 0.821. The van der Waals surface area contributed by atoms with Crippen LogP contribution in [0.2, 0.25) is 0 Å². The van der Waals surface area contributed by atoms with Crippen molar-refractivity contribution in [3.63, 3.8) is 0 Å². The Bertz CT molecular complexity index is 231. The fourth-order valence-corrected chi connectivity index (χ4v) is 0.821. The molecule has 0 N–H and O–H groups in total. The zero-order chi connectivity index (χ0) is 11.0. The monoisotopic (exact) mass is 202 g/mol. The van der Waals surface area contributed by atoms with Crippen molar-refractivity contribution in [1.29, 1.82) is 0 Å². The maximum atomic E-state index is 11.1. The van der Waals surface area contributed by atoms with Crippen LogP contribution in [0, 0.1) is 0 Å². The van der Waals surface area contributed by atoms with Gasteiger partial charge in [-0.3, -0.25) is 4.79 Å². The van der Waals surface area contributed by atoms with Crippen LogP contribution in [-0.2, 0) is 23.8 Å². The van der Waals surface area contributed by atoms with Gasteiger partial charge in [-0.2, -0.15) is 0 Å². The molecule has 0 bridgehead atoms. The Kier molecular flexibility index (Phi) is 6.19. The first-order valence-electron chi connectivity index (χ1n) is 4.02. The van der Waals surface area contributed by atoms with Crippen LogP contribution in [0.1, 0.15) is 12.8 Å². The third kappa shape index (κ3) is 4.49. The molecular weight excluding hydrogens is 188 g/mol. The minimum Gasteiger partial charge on any atom is -0.504 e. The maximum Gasteiger partial charge on any atom is 0.336 e. The molecule has 80 valence electrons. The molecule has 0 saturated heterocycles. The highest BCUT2D eigenvalue weighted by Crippen LogP contribution is 2.07. The van der Waals surface area contributed by atoms with E-state index in [1.165, 1.54) is 27.6 Å². The van der Waals surface area contributed by atoms with Crippen molar-refractivity contribution in [2.24, 2.45) is 0 Å². The summed E-state index contributed by atoms with van der Waals surface area (Å²) in [5.41, 5.74) is 0.306. The number of hydrogen-bond acceptors (Lipinski definition) is 5. The van der Waals surface area contributed by atoms with E-state index in [2.05, 4.69) is 14.2 Å². The van der Waals surface area contributed by atoms with Gasteiger partial charge in [0, 0.05) is 6.42 Å². The van der Waals surface area contributed by atoms with Gasteiger partial charge in [0.05, 0.1) is 33.2 Å². The number of esters is 2. The third-order valence-electron chi connectivity index (χ3n) is 1.53. The van der Waals surface area contributed by atoms with E-state index in [9.17, 15) is 9.59 Å². The molecule has 0 radical (unpaired) electrons. The van der Waals surface area contributed by atoms with Crippen molar-refractivity contribution in [3.8, 4) is 0 Å². The molecule has 14 heavy (non-hydrogen) atoms. The van der Waals surface area contributed by atoms with E-state index in [-0.39, 0.29) is 18.8 Å². The lowest BCUT2D eigenvalue weighted by atomic mass is 10.1. The third-order valence-corrected chi connectivity index (χ3v) is 1.53. The zero-order valence-corrected chi connectivity index (χ0v) is 8.53. The maximum absolute atomic E-state index is 11.1.